The van der Waals surface area contributed by atoms with E-state index in [0.717, 1.165) is 31.5 Å². The van der Waals surface area contributed by atoms with Crippen LogP contribution in [0.4, 0.5) is 20.3 Å². The highest BCUT2D eigenvalue weighted by Crippen LogP contribution is 2.37. The summed E-state index contributed by atoms with van der Waals surface area (Å²) in [4.78, 5) is 24.4. The maximum absolute atomic E-state index is 13.9. The highest BCUT2D eigenvalue weighted by Gasteiger charge is 2.28. The van der Waals surface area contributed by atoms with Crippen molar-refractivity contribution in [2.75, 3.05) is 36.5 Å². The molecule has 1 saturated heterocycles. The van der Waals surface area contributed by atoms with E-state index in [4.69, 9.17) is 9.72 Å². The van der Waals surface area contributed by atoms with Crippen molar-refractivity contribution in [3.63, 3.8) is 0 Å². The molecule has 0 atom stereocenters. The van der Waals surface area contributed by atoms with Crippen LogP contribution in [0.1, 0.15) is 68.0 Å². The number of aromatic nitrogens is 4. The van der Waals surface area contributed by atoms with Crippen LogP contribution in [-0.4, -0.2) is 52.0 Å². The Balaban J connectivity index is 1.39. The average Bonchev–Trinajstić information content (AvgIpc) is 3.32. The second-order valence-corrected chi connectivity index (χ2v) is 9.97. The Morgan fingerprint density at radius 2 is 1.86 bits per heavy atom. The molecule has 0 bridgehead atoms. The zero-order valence-electron chi connectivity index (χ0n) is 20.7. The Morgan fingerprint density at radius 1 is 1.11 bits per heavy atom. The summed E-state index contributed by atoms with van der Waals surface area (Å²) in [7, 11) is 0. The summed E-state index contributed by atoms with van der Waals surface area (Å²) in [6, 6.07) is 5.31. The number of carbonyl (C=O) groups is 1. The van der Waals surface area contributed by atoms with Crippen LogP contribution < -0.4 is 10.2 Å². The quantitative estimate of drug-likeness (QED) is 0.500. The van der Waals surface area contributed by atoms with Gasteiger partial charge in [0, 0.05) is 25.5 Å². The van der Waals surface area contributed by atoms with Crippen molar-refractivity contribution in [1.29, 1.82) is 0 Å². The molecule has 5 rings (SSSR count). The van der Waals surface area contributed by atoms with Crippen LogP contribution in [0.2, 0.25) is 0 Å². The summed E-state index contributed by atoms with van der Waals surface area (Å²) in [6.07, 6.45) is 4.16. The lowest BCUT2D eigenvalue weighted by atomic mass is 9.80. The van der Waals surface area contributed by atoms with E-state index in [1.165, 1.54) is 6.20 Å². The first-order chi connectivity index (χ1) is 17.4. The molecule has 0 aromatic carbocycles. The van der Waals surface area contributed by atoms with Gasteiger partial charge in [-0.25, -0.2) is 13.8 Å². The highest BCUT2D eigenvalue weighted by molar-refractivity contribution is 6.11. The van der Waals surface area contributed by atoms with Gasteiger partial charge in [-0.3, -0.25) is 14.5 Å². The van der Waals surface area contributed by atoms with Gasteiger partial charge in [0.25, 0.3) is 12.3 Å². The zero-order valence-corrected chi connectivity index (χ0v) is 20.7. The molecule has 1 aliphatic carbocycles. The van der Waals surface area contributed by atoms with Crippen LogP contribution in [0, 0.1) is 11.8 Å². The molecule has 1 saturated carbocycles. The minimum atomic E-state index is -2.80. The van der Waals surface area contributed by atoms with E-state index >= 15 is 0 Å². The van der Waals surface area contributed by atoms with Crippen LogP contribution in [0.3, 0.4) is 0 Å². The molecule has 0 radical (unpaired) electrons. The number of nitrogens with one attached hydrogen (secondary N) is 1. The predicted molar refractivity (Wildman–Crippen MR) is 134 cm³/mol. The van der Waals surface area contributed by atoms with Crippen LogP contribution in [-0.2, 0) is 4.74 Å². The van der Waals surface area contributed by atoms with Crippen molar-refractivity contribution >= 4 is 28.4 Å². The smallest absolute Gasteiger partial charge is 0.284 e. The van der Waals surface area contributed by atoms with E-state index in [-0.39, 0.29) is 17.3 Å². The first kappa shape index (κ1) is 24.5. The standard InChI is InChI=1S/C26H32F2N6O2/c1-16(2)17-3-5-18(6-4-17)34-15-21(24(32-34)25(27)28)30-26(35)19-9-10-29-20-7-8-22(31-23(19)20)33-11-13-36-14-12-33/h7-10,15-18,25H,3-6,11-14H2,1-2H3,(H,30,35). The number of rotatable bonds is 6. The number of nitrogens with zero attached hydrogens (tertiary/aromatic N) is 5. The molecule has 1 amide bonds. The largest absolute Gasteiger partial charge is 0.378 e. The van der Waals surface area contributed by atoms with Crippen LogP contribution in [0.15, 0.2) is 30.6 Å². The fourth-order valence-corrected chi connectivity index (χ4v) is 5.24. The molecule has 1 N–H and O–H groups in total. The fraction of sp³-hybridized carbons (Fsp3) is 0.538. The molecule has 0 unspecified atom stereocenters. The Kier molecular flexibility index (Phi) is 7.13. The van der Waals surface area contributed by atoms with Crippen molar-refractivity contribution in [3.8, 4) is 0 Å². The maximum atomic E-state index is 13.9. The van der Waals surface area contributed by atoms with Crippen molar-refractivity contribution < 1.29 is 18.3 Å². The number of ether oxygens (including phenoxy) is 1. The summed E-state index contributed by atoms with van der Waals surface area (Å²) in [5.74, 6) is 1.48. The second kappa shape index (κ2) is 10.5. The van der Waals surface area contributed by atoms with Gasteiger partial charge in [-0.2, -0.15) is 5.10 Å². The van der Waals surface area contributed by atoms with Gasteiger partial charge in [0.05, 0.1) is 36.0 Å². The van der Waals surface area contributed by atoms with Gasteiger partial charge in [0.2, 0.25) is 0 Å². The van der Waals surface area contributed by atoms with Gasteiger partial charge in [-0.05, 0) is 55.7 Å². The van der Waals surface area contributed by atoms with Crippen molar-refractivity contribution in [1.82, 2.24) is 19.7 Å². The number of anilines is 2. The molecular formula is C26H32F2N6O2. The number of pyridine rings is 2. The second-order valence-electron chi connectivity index (χ2n) is 9.97. The molecule has 2 fully saturated rings. The normalized spacial score (nSPS) is 20.9. The summed E-state index contributed by atoms with van der Waals surface area (Å²) in [5, 5.41) is 6.88. The van der Waals surface area contributed by atoms with Gasteiger partial charge in [-0.1, -0.05) is 13.8 Å². The molecule has 36 heavy (non-hydrogen) atoms. The lowest BCUT2D eigenvalue weighted by Gasteiger charge is -2.30. The molecule has 3 aromatic heterocycles. The van der Waals surface area contributed by atoms with Crippen molar-refractivity contribution in [2.24, 2.45) is 11.8 Å². The van der Waals surface area contributed by atoms with Crippen LogP contribution in [0.25, 0.3) is 11.0 Å². The fourth-order valence-electron chi connectivity index (χ4n) is 5.24. The van der Waals surface area contributed by atoms with Gasteiger partial charge >= 0.3 is 0 Å². The molecule has 10 heteroatoms. The number of hydrogen-bond acceptors (Lipinski definition) is 6. The predicted octanol–water partition coefficient (Wildman–Crippen LogP) is 5.24. The first-order valence-corrected chi connectivity index (χ1v) is 12.7. The minimum absolute atomic E-state index is 0.0373. The monoisotopic (exact) mass is 498 g/mol. The molecule has 4 heterocycles. The lowest BCUT2D eigenvalue weighted by Crippen LogP contribution is -2.36. The summed E-state index contributed by atoms with van der Waals surface area (Å²) >= 11 is 0. The topological polar surface area (TPSA) is 85.2 Å². The molecule has 0 spiro atoms. The number of morpholine rings is 1. The van der Waals surface area contributed by atoms with Gasteiger partial charge in [-0.15, -0.1) is 0 Å². The van der Waals surface area contributed by atoms with E-state index in [1.807, 2.05) is 12.1 Å². The third-order valence-electron chi connectivity index (χ3n) is 7.42. The SMILES string of the molecule is CC(C)C1CCC(n2cc(NC(=O)c3ccnc4ccc(N5CCOCC5)nc34)c(C(F)F)n2)CC1. The molecule has 3 aromatic rings. The molecule has 8 nitrogen and oxygen atoms in total. The van der Waals surface area contributed by atoms with E-state index in [2.05, 4.69) is 34.1 Å². The third kappa shape index (κ3) is 5.04. The number of hydrogen-bond donors (Lipinski definition) is 1. The van der Waals surface area contributed by atoms with E-state index in [0.29, 0.717) is 49.2 Å². The number of alkyl halides is 2. The Morgan fingerprint density at radius 3 is 2.56 bits per heavy atom. The van der Waals surface area contributed by atoms with Crippen LogP contribution in [0.5, 0.6) is 0 Å². The summed E-state index contributed by atoms with van der Waals surface area (Å²) in [6.45, 7) is 7.08. The van der Waals surface area contributed by atoms with Gasteiger partial charge in [0.15, 0.2) is 5.69 Å². The molecule has 2 aliphatic rings. The maximum Gasteiger partial charge on any atom is 0.284 e. The number of fused-ring (bicyclic) bond motifs is 1. The Bertz CT molecular complexity index is 1220. The Labute approximate surface area is 209 Å². The van der Waals surface area contributed by atoms with Crippen molar-refractivity contribution in [2.45, 2.75) is 52.0 Å². The average molecular weight is 499 g/mol. The number of halogens is 2. The first-order valence-electron chi connectivity index (χ1n) is 12.7. The highest BCUT2D eigenvalue weighted by atomic mass is 19.3. The van der Waals surface area contributed by atoms with E-state index in [9.17, 15) is 13.6 Å². The van der Waals surface area contributed by atoms with E-state index in [1.54, 1.807) is 16.9 Å². The van der Waals surface area contributed by atoms with Crippen molar-refractivity contribution in [3.05, 3.63) is 41.9 Å². The zero-order chi connectivity index (χ0) is 25.2. The molecule has 1 aliphatic heterocycles. The van der Waals surface area contributed by atoms with Gasteiger partial charge in [0.1, 0.15) is 11.3 Å². The Hall–Kier alpha value is -3.14. The van der Waals surface area contributed by atoms with Crippen LogP contribution >= 0.6 is 0 Å². The molecule has 192 valence electrons. The number of amides is 1. The lowest BCUT2D eigenvalue weighted by molar-refractivity contribution is 0.102. The van der Waals surface area contributed by atoms with E-state index < -0.39 is 18.0 Å². The minimum Gasteiger partial charge on any atom is -0.378 e. The van der Waals surface area contributed by atoms with Gasteiger partial charge < -0.3 is 15.0 Å². The molecular weight excluding hydrogens is 466 g/mol. The summed E-state index contributed by atoms with van der Waals surface area (Å²) < 4.78 is 34.8. The summed E-state index contributed by atoms with van der Waals surface area (Å²) in [5.41, 5.74) is 0.897. The third-order valence-corrected chi connectivity index (χ3v) is 7.42. The number of carbonyl (C=O) groups excluding carboxylic acids is 1.